The van der Waals surface area contributed by atoms with Crippen molar-refractivity contribution in [2.24, 2.45) is 0 Å². The number of rotatable bonds is 3. The van der Waals surface area contributed by atoms with Crippen LogP contribution in [0.5, 0.6) is 0 Å². The molecule has 7 heteroatoms. The number of aromatic amines is 1. The maximum absolute atomic E-state index is 5.79. The Morgan fingerprint density at radius 1 is 0.960 bits per heavy atom. The highest BCUT2D eigenvalue weighted by Crippen LogP contribution is 2.34. The number of nitrogens with zero attached hydrogens (tertiary/aromatic N) is 5. The maximum atomic E-state index is 5.79. The minimum atomic E-state index is 0.153. The molecule has 124 valence electrons. The molecule has 0 aliphatic heterocycles. The van der Waals surface area contributed by atoms with E-state index in [0.29, 0.717) is 11.4 Å². The van der Waals surface area contributed by atoms with E-state index in [1.54, 1.807) is 6.20 Å². The predicted molar refractivity (Wildman–Crippen MR) is 99.1 cm³/mol. The lowest BCUT2D eigenvalue weighted by Crippen LogP contribution is -2.09. The van der Waals surface area contributed by atoms with E-state index in [9.17, 15) is 0 Å². The fraction of sp³-hybridized carbons (Fsp3) is 0.111. The normalized spacial score (nSPS) is 11.0. The van der Waals surface area contributed by atoms with E-state index in [2.05, 4.69) is 31.4 Å². The average Bonchev–Trinajstić information content (AvgIpc) is 3.10. The second-order valence-electron chi connectivity index (χ2n) is 5.96. The summed E-state index contributed by atoms with van der Waals surface area (Å²) in [6.45, 7) is 0. The van der Waals surface area contributed by atoms with Crippen molar-refractivity contribution in [2.75, 3.05) is 24.7 Å². The van der Waals surface area contributed by atoms with Gasteiger partial charge in [-0.25, -0.2) is 4.98 Å². The van der Waals surface area contributed by atoms with Crippen LogP contribution in [-0.4, -0.2) is 39.5 Å². The molecular weight excluding hydrogens is 314 g/mol. The third-order valence-corrected chi connectivity index (χ3v) is 4.03. The van der Waals surface area contributed by atoms with Crippen molar-refractivity contribution < 1.29 is 0 Å². The molecule has 0 saturated heterocycles. The minimum Gasteiger partial charge on any atom is -0.376 e. The van der Waals surface area contributed by atoms with Gasteiger partial charge in [-0.3, -0.25) is 5.10 Å². The summed E-state index contributed by atoms with van der Waals surface area (Å²) in [6, 6.07) is 13.9. The van der Waals surface area contributed by atoms with Crippen molar-refractivity contribution in [3.05, 3.63) is 48.7 Å². The van der Waals surface area contributed by atoms with E-state index in [1.807, 2.05) is 55.4 Å². The quantitative estimate of drug-likeness (QED) is 0.599. The number of nitrogen functional groups attached to an aromatic ring is 1. The second-order valence-corrected chi connectivity index (χ2v) is 5.96. The van der Waals surface area contributed by atoms with Gasteiger partial charge < -0.3 is 10.6 Å². The zero-order valence-corrected chi connectivity index (χ0v) is 13.9. The van der Waals surface area contributed by atoms with Crippen LogP contribution in [0, 0.1) is 0 Å². The third-order valence-electron chi connectivity index (χ3n) is 4.03. The fourth-order valence-electron chi connectivity index (χ4n) is 2.86. The highest BCUT2D eigenvalue weighted by Gasteiger charge is 2.16. The summed E-state index contributed by atoms with van der Waals surface area (Å²) in [5.41, 5.74) is 11.0. The van der Waals surface area contributed by atoms with Crippen molar-refractivity contribution >= 4 is 22.5 Å². The molecular formula is C18H17N7. The van der Waals surface area contributed by atoms with Crippen LogP contribution in [0.4, 0.5) is 11.6 Å². The molecule has 4 rings (SSSR count). The van der Waals surface area contributed by atoms with E-state index < -0.39 is 0 Å². The molecule has 7 nitrogen and oxygen atoms in total. The molecule has 0 fully saturated rings. The number of fused-ring (bicyclic) bond motifs is 1. The van der Waals surface area contributed by atoms with Gasteiger partial charge in [0.2, 0.25) is 5.95 Å². The summed E-state index contributed by atoms with van der Waals surface area (Å²) in [5, 5.41) is 16.5. The smallest absolute Gasteiger partial charge is 0.240 e. The first-order valence-electron chi connectivity index (χ1n) is 7.84. The number of hydrogen-bond donors (Lipinski definition) is 2. The number of anilines is 2. The number of nitrogens with one attached hydrogen (secondary N) is 1. The van der Waals surface area contributed by atoms with Gasteiger partial charge in [0.15, 0.2) is 0 Å². The molecule has 2 aromatic heterocycles. The van der Waals surface area contributed by atoms with Crippen LogP contribution >= 0.6 is 0 Å². The largest absolute Gasteiger partial charge is 0.376 e. The van der Waals surface area contributed by atoms with Crippen molar-refractivity contribution in [3.63, 3.8) is 0 Å². The van der Waals surface area contributed by atoms with Crippen LogP contribution in [0.2, 0.25) is 0 Å². The first kappa shape index (κ1) is 15.1. The van der Waals surface area contributed by atoms with Gasteiger partial charge in [-0.2, -0.15) is 5.10 Å². The summed E-state index contributed by atoms with van der Waals surface area (Å²) in [6.07, 6.45) is 1.80. The molecule has 0 aliphatic rings. The van der Waals surface area contributed by atoms with Gasteiger partial charge in [-0.05, 0) is 12.1 Å². The highest BCUT2D eigenvalue weighted by atomic mass is 15.2. The summed E-state index contributed by atoms with van der Waals surface area (Å²) >= 11 is 0. The summed E-state index contributed by atoms with van der Waals surface area (Å²) in [5.74, 6) is 0.153. The Hall–Kier alpha value is -3.48. The number of aromatic nitrogens is 5. The van der Waals surface area contributed by atoms with E-state index in [4.69, 9.17) is 5.73 Å². The Bertz CT molecular complexity index is 1040. The average molecular weight is 331 g/mol. The molecule has 2 heterocycles. The van der Waals surface area contributed by atoms with E-state index in [1.165, 1.54) is 0 Å². The molecule has 0 unspecified atom stereocenters. The third kappa shape index (κ3) is 2.65. The topological polar surface area (TPSA) is 96.6 Å². The Kier molecular flexibility index (Phi) is 3.53. The molecule has 0 spiro atoms. The summed E-state index contributed by atoms with van der Waals surface area (Å²) in [7, 11) is 3.98. The maximum Gasteiger partial charge on any atom is 0.240 e. The van der Waals surface area contributed by atoms with E-state index >= 15 is 0 Å². The Morgan fingerprint density at radius 2 is 1.76 bits per heavy atom. The molecule has 0 amide bonds. The summed E-state index contributed by atoms with van der Waals surface area (Å²) in [4.78, 5) is 6.46. The van der Waals surface area contributed by atoms with Crippen molar-refractivity contribution in [1.82, 2.24) is 25.4 Å². The van der Waals surface area contributed by atoms with Crippen molar-refractivity contribution in [2.45, 2.75) is 0 Å². The number of hydrogen-bond acceptors (Lipinski definition) is 6. The van der Waals surface area contributed by atoms with Crippen molar-refractivity contribution in [3.8, 4) is 22.5 Å². The van der Waals surface area contributed by atoms with Crippen LogP contribution in [0.1, 0.15) is 0 Å². The summed E-state index contributed by atoms with van der Waals surface area (Å²) < 4.78 is 0. The van der Waals surface area contributed by atoms with Crippen molar-refractivity contribution in [1.29, 1.82) is 0 Å². The van der Waals surface area contributed by atoms with Gasteiger partial charge in [0.1, 0.15) is 11.4 Å². The minimum absolute atomic E-state index is 0.153. The molecule has 0 atom stereocenters. The van der Waals surface area contributed by atoms with Gasteiger partial charge in [0.05, 0.1) is 17.4 Å². The van der Waals surface area contributed by atoms with Gasteiger partial charge >= 0.3 is 0 Å². The monoisotopic (exact) mass is 331 g/mol. The van der Waals surface area contributed by atoms with Crippen LogP contribution in [-0.2, 0) is 0 Å². The first-order chi connectivity index (χ1) is 12.1. The van der Waals surface area contributed by atoms with Crippen LogP contribution in [0.3, 0.4) is 0 Å². The number of benzene rings is 2. The SMILES string of the molecule is CN(C)c1cc(-c2nnc(N)nc2-c2ccccc2)cc2cn[nH]c12. The Labute approximate surface area is 144 Å². The van der Waals surface area contributed by atoms with Crippen LogP contribution in [0.15, 0.2) is 48.7 Å². The van der Waals surface area contributed by atoms with E-state index in [-0.39, 0.29) is 5.95 Å². The van der Waals surface area contributed by atoms with Gasteiger partial charge in [-0.15, -0.1) is 10.2 Å². The Morgan fingerprint density at radius 3 is 2.52 bits per heavy atom. The fourth-order valence-corrected chi connectivity index (χ4v) is 2.86. The second kappa shape index (κ2) is 5.86. The lowest BCUT2D eigenvalue weighted by atomic mass is 10.0. The van der Waals surface area contributed by atoms with Crippen LogP contribution in [0.25, 0.3) is 33.4 Å². The molecule has 0 radical (unpaired) electrons. The molecule has 0 saturated carbocycles. The molecule has 2 aromatic carbocycles. The molecule has 4 aromatic rings. The zero-order chi connectivity index (χ0) is 17.4. The molecule has 3 N–H and O–H groups in total. The van der Waals surface area contributed by atoms with E-state index in [0.717, 1.165) is 27.7 Å². The lowest BCUT2D eigenvalue weighted by molar-refractivity contribution is 0.997. The molecule has 0 bridgehead atoms. The highest BCUT2D eigenvalue weighted by molar-refractivity contribution is 5.96. The Balaban J connectivity index is 1.98. The standard InChI is InChI=1S/C18H17N7/c1-25(2)14-9-12(8-13-10-20-22-15(13)14)17-16(21-18(19)24-23-17)11-6-4-3-5-7-11/h3-10H,1-2H3,(H,20,22)(H2,19,21,24). The van der Waals surface area contributed by atoms with Gasteiger partial charge in [0.25, 0.3) is 0 Å². The molecule has 25 heavy (non-hydrogen) atoms. The number of nitrogens with two attached hydrogens (primary N) is 1. The zero-order valence-electron chi connectivity index (χ0n) is 13.9. The van der Waals surface area contributed by atoms with Crippen LogP contribution < -0.4 is 10.6 Å². The predicted octanol–water partition coefficient (Wildman–Crippen LogP) is 2.73. The van der Waals surface area contributed by atoms with Gasteiger partial charge in [0, 0.05) is 30.6 Å². The lowest BCUT2D eigenvalue weighted by Gasteiger charge is -2.16. The molecule has 0 aliphatic carbocycles. The first-order valence-corrected chi connectivity index (χ1v) is 7.84. The van der Waals surface area contributed by atoms with Gasteiger partial charge in [-0.1, -0.05) is 30.3 Å². The number of H-pyrrole nitrogens is 1.